The van der Waals surface area contributed by atoms with E-state index in [9.17, 15) is 9.59 Å². The van der Waals surface area contributed by atoms with Crippen LogP contribution in [0.4, 0.5) is 5.69 Å². The fourth-order valence-electron chi connectivity index (χ4n) is 2.96. The van der Waals surface area contributed by atoms with Gasteiger partial charge in [-0.2, -0.15) is 0 Å². The summed E-state index contributed by atoms with van der Waals surface area (Å²) in [5.74, 6) is 0.0274. The summed E-state index contributed by atoms with van der Waals surface area (Å²) in [6, 6.07) is 5.84. The number of hydrogen-bond donors (Lipinski definition) is 0. The minimum absolute atomic E-state index is 0.0116. The second-order valence-corrected chi connectivity index (χ2v) is 5.52. The van der Waals surface area contributed by atoms with E-state index in [-0.39, 0.29) is 17.7 Å². The Labute approximate surface area is 139 Å². The van der Waals surface area contributed by atoms with Crippen LogP contribution in [0.1, 0.15) is 56.5 Å². The number of benzene rings is 1. The molecule has 0 amide bonds. The van der Waals surface area contributed by atoms with Crippen molar-refractivity contribution in [3.8, 4) is 0 Å². The first-order chi connectivity index (χ1) is 11.0. The van der Waals surface area contributed by atoms with Crippen LogP contribution in [0.15, 0.2) is 18.2 Å². The van der Waals surface area contributed by atoms with Gasteiger partial charge in [-0.15, -0.1) is 0 Å². The van der Waals surface area contributed by atoms with Gasteiger partial charge < -0.3 is 9.64 Å². The Morgan fingerprint density at radius 2 is 1.83 bits per heavy atom. The molecular weight excluding hydrogens is 290 g/mol. The number of nitrogens with zero attached hydrogens (tertiary/aromatic N) is 1. The van der Waals surface area contributed by atoms with E-state index in [0.717, 1.165) is 42.7 Å². The monoisotopic (exact) mass is 319 g/mol. The molecule has 1 saturated heterocycles. The Hall–Kier alpha value is -1.84. The van der Waals surface area contributed by atoms with Crippen molar-refractivity contribution in [3.05, 3.63) is 29.3 Å². The van der Waals surface area contributed by atoms with Crippen LogP contribution < -0.4 is 4.90 Å². The molecule has 0 unspecified atom stereocenters. The summed E-state index contributed by atoms with van der Waals surface area (Å²) in [6.07, 6.45) is 1.62. The fourth-order valence-corrected chi connectivity index (χ4v) is 2.96. The van der Waals surface area contributed by atoms with Crippen molar-refractivity contribution >= 4 is 17.4 Å². The first-order valence-electron chi connectivity index (χ1n) is 8.56. The Morgan fingerprint density at radius 3 is 2.35 bits per heavy atom. The van der Waals surface area contributed by atoms with E-state index >= 15 is 0 Å². The molecule has 1 aromatic carbocycles. The summed E-state index contributed by atoms with van der Waals surface area (Å²) >= 11 is 0. The highest BCUT2D eigenvalue weighted by Crippen LogP contribution is 2.28. The lowest BCUT2D eigenvalue weighted by Crippen LogP contribution is -2.37. The van der Waals surface area contributed by atoms with Gasteiger partial charge in [-0.05, 0) is 45.2 Å². The summed E-state index contributed by atoms with van der Waals surface area (Å²) in [5, 5.41) is 0. The van der Waals surface area contributed by atoms with E-state index in [0.29, 0.717) is 6.61 Å². The number of rotatable bonds is 4. The van der Waals surface area contributed by atoms with E-state index in [4.69, 9.17) is 4.74 Å². The minimum atomic E-state index is -0.0774. The molecule has 128 valence electrons. The maximum absolute atomic E-state index is 11.8. The van der Waals surface area contributed by atoms with Crippen LogP contribution in [-0.2, 0) is 9.53 Å². The predicted molar refractivity (Wildman–Crippen MR) is 94.1 cm³/mol. The standard InChI is InChI=1S/C17H23NO3.C2H6/c1-4-21-17(20)14-8-10-18(11-9-14)16-7-5-6-15(12(16)2)13(3)19;1-2/h5-7,14H,4,8-11H2,1-3H3;1-2H3. The van der Waals surface area contributed by atoms with Gasteiger partial charge in [0.25, 0.3) is 0 Å². The number of carbonyl (C=O) groups is 2. The SMILES string of the molecule is CC.CCOC(=O)C1CCN(c2cccc(C(C)=O)c2C)CC1. The predicted octanol–water partition coefficient (Wildman–Crippen LogP) is 4.00. The average Bonchev–Trinajstić information content (AvgIpc) is 2.57. The molecule has 1 heterocycles. The normalized spacial score (nSPS) is 14.7. The summed E-state index contributed by atoms with van der Waals surface area (Å²) in [4.78, 5) is 25.7. The molecule has 4 nitrogen and oxygen atoms in total. The van der Waals surface area contributed by atoms with Gasteiger partial charge in [0, 0.05) is 24.3 Å². The molecule has 4 heteroatoms. The topological polar surface area (TPSA) is 46.6 Å². The maximum atomic E-state index is 11.8. The largest absolute Gasteiger partial charge is 0.466 e. The molecule has 1 fully saturated rings. The highest BCUT2D eigenvalue weighted by atomic mass is 16.5. The summed E-state index contributed by atoms with van der Waals surface area (Å²) in [5.41, 5.74) is 2.91. The van der Waals surface area contributed by atoms with Gasteiger partial charge in [-0.3, -0.25) is 9.59 Å². The fraction of sp³-hybridized carbons (Fsp3) is 0.579. The smallest absolute Gasteiger partial charge is 0.309 e. The molecule has 0 radical (unpaired) electrons. The van der Waals surface area contributed by atoms with Gasteiger partial charge in [-0.25, -0.2) is 0 Å². The molecule has 0 saturated carbocycles. The van der Waals surface area contributed by atoms with Crippen molar-refractivity contribution in [1.82, 2.24) is 0 Å². The van der Waals surface area contributed by atoms with Crippen LogP contribution in [0.3, 0.4) is 0 Å². The number of esters is 1. The second-order valence-electron chi connectivity index (χ2n) is 5.52. The van der Waals surface area contributed by atoms with E-state index in [2.05, 4.69) is 4.90 Å². The number of hydrogen-bond acceptors (Lipinski definition) is 4. The van der Waals surface area contributed by atoms with Gasteiger partial charge in [-0.1, -0.05) is 26.0 Å². The van der Waals surface area contributed by atoms with Crippen LogP contribution in [0.25, 0.3) is 0 Å². The maximum Gasteiger partial charge on any atom is 0.309 e. The zero-order valence-electron chi connectivity index (χ0n) is 15.0. The quantitative estimate of drug-likeness (QED) is 0.621. The Balaban J connectivity index is 0.00000127. The molecule has 1 aromatic rings. The lowest BCUT2D eigenvalue weighted by Gasteiger charge is -2.33. The molecule has 0 atom stereocenters. The Kier molecular flexibility index (Phi) is 7.79. The molecule has 0 spiro atoms. The van der Waals surface area contributed by atoms with Gasteiger partial charge in [0.1, 0.15) is 0 Å². The van der Waals surface area contributed by atoms with Crippen LogP contribution in [0, 0.1) is 12.8 Å². The molecule has 1 aliphatic rings. The molecule has 0 bridgehead atoms. The zero-order chi connectivity index (χ0) is 17.4. The minimum Gasteiger partial charge on any atom is -0.466 e. The molecule has 1 aliphatic heterocycles. The van der Waals surface area contributed by atoms with Crippen LogP contribution in [-0.4, -0.2) is 31.4 Å². The van der Waals surface area contributed by atoms with Crippen LogP contribution in [0.5, 0.6) is 0 Å². The van der Waals surface area contributed by atoms with E-state index in [1.54, 1.807) is 6.92 Å². The number of carbonyl (C=O) groups excluding carboxylic acids is 2. The summed E-state index contributed by atoms with van der Waals surface area (Å²) < 4.78 is 5.09. The third-order valence-electron chi connectivity index (χ3n) is 4.14. The van der Waals surface area contributed by atoms with E-state index in [1.807, 2.05) is 45.9 Å². The lowest BCUT2D eigenvalue weighted by atomic mass is 9.95. The van der Waals surface area contributed by atoms with Gasteiger partial charge in [0.05, 0.1) is 12.5 Å². The van der Waals surface area contributed by atoms with Crippen molar-refractivity contribution in [2.75, 3.05) is 24.6 Å². The van der Waals surface area contributed by atoms with Crippen molar-refractivity contribution in [3.63, 3.8) is 0 Å². The van der Waals surface area contributed by atoms with Gasteiger partial charge >= 0.3 is 5.97 Å². The highest BCUT2D eigenvalue weighted by Gasteiger charge is 2.27. The van der Waals surface area contributed by atoms with Crippen LogP contribution >= 0.6 is 0 Å². The van der Waals surface area contributed by atoms with E-state index < -0.39 is 0 Å². The highest BCUT2D eigenvalue weighted by molar-refractivity contribution is 5.97. The third kappa shape index (κ3) is 4.81. The second kappa shape index (κ2) is 9.33. The van der Waals surface area contributed by atoms with Crippen LogP contribution in [0.2, 0.25) is 0 Å². The number of piperidine rings is 1. The van der Waals surface area contributed by atoms with E-state index in [1.165, 1.54) is 0 Å². The molecular formula is C19H29NO3. The van der Waals surface area contributed by atoms with Gasteiger partial charge in [0.15, 0.2) is 5.78 Å². The van der Waals surface area contributed by atoms with Crippen molar-refractivity contribution in [1.29, 1.82) is 0 Å². The number of ether oxygens (including phenoxy) is 1. The summed E-state index contributed by atoms with van der Waals surface area (Å²) in [7, 11) is 0. The Morgan fingerprint density at radius 1 is 1.22 bits per heavy atom. The van der Waals surface area contributed by atoms with Crippen molar-refractivity contribution in [2.24, 2.45) is 5.92 Å². The third-order valence-corrected chi connectivity index (χ3v) is 4.14. The molecule has 0 aromatic heterocycles. The number of Topliss-reactive ketones (excluding diaryl/α,β-unsaturated/α-hetero) is 1. The first kappa shape index (κ1) is 19.2. The zero-order valence-corrected chi connectivity index (χ0v) is 15.0. The molecule has 0 N–H and O–H groups in total. The number of anilines is 1. The molecule has 23 heavy (non-hydrogen) atoms. The van der Waals surface area contributed by atoms with Crippen molar-refractivity contribution < 1.29 is 14.3 Å². The lowest BCUT2D eigenvalue weighted by molar-refractivity contribution is -0.148. The first-order valence-corrected chi connectivity index (χ1v) is 8.56. The number of ketones is 1. The average molecular weight is 319 g/mol. The van der Waals surface area contributed by atoms with Crippen molar-refractivity contribution in [2.45, 2.75) is 47.5 Å². The molecule has 0 aliphatic carbocycles. The summed E-state index contributed by atoms with van der Waals surface area (Å²) in [6.45, 7) is 11.5. The van der Waals surface area contributed by atoms with Gasteiger partial charge in [0.2, 0.25) is 0 Å². The molecule has 2 rings (SSSR count). The Bertz CT molecular complexity index is 531.